The highest BCUT2D eigenvalue weighted by atomic mass is 79.9. The Balaban J connectivity index is 1.55. The van der Waals surface area contributed by atoms with Crippen molar-refractivity contribution in [3.05, 3.63) is 98.4 Å². The average Bonchev–Trinajstić information content (AvgIpc) is 3.19. The normalized spacial score (nSPS) is 19.8. The summed E-state index contributed by atoms with van der Waals surface area (Å²) in [4.78, 5) is 13.3. The maximum Gasteiger partial charge on any atom is 0.251 e. The van der Waals surface area contributed by atoms with Crippen LogP contribution in [0.4, 0.5) is 0 Å². The van der Waals surface area contributed by atoms with Crippen LogP contribution in [0.15, 0.2) is 86.8 Å². The number of hydrogen-bond acceptors (Lipinski definition) is 4. The Morgan fingerprint density at radius 1 is 0.931 bits per heavy atom. The van der Waals surface area contributed by atoms with Crippen LogP contribution in [0.3, 0.4) is 0 Å². The van der Waals surface area contributed by atoms with Crippen molar-refractivity contribution in [1.82, 2.24) is 5.01 Å². The number of halogens is 2. The van der Waals surface area contributed by atoms with E-state index in [9.17, 15) is 4.79 Å². The Bertz CT molecular complexity index is 1110. The summed E-state index contributed by atoms with van der Waals surface area (Å²) in [6.45, 7) is 0. The lowest BCUT2D eigenvalue weighted by Gasteiger charge is -2.37. The van der Waals surface area contributed by atoms with E-state index in [0.29, 0.717) is 5.56 Å². The summed E-state index contributed by atoms with van der Waals surface area (Å²) >= 11 is 6.90. The zero-order valence-electron chi connectivity index (χ0n) is 15.3. The van der Waals surface area contributed by atoms with Crippen LogP contribution in [-0.4, -0.2) is 22.7 Å². The lowest BCUT2D eigenvalue weighted by Crippen LogP contribution is -2.45. The summed E-state index contributed by atoms with van der Waals surface area (Å²) in [5.41, 5.74) is 3.66. The molecule has 29 heavy (non-hydrogen) atoms. The second-order valence-electron chi connectivity index (χ2n) is 7.03. The number of hydrazone groups is 1. The number of ketones is 1. The third-order valence-electron chi connectivity index (χ3n) is 5.23. The number of carbonyl (C=O) groups excluding carboxylic acids is 1. The zero-order chi connectivity index (χ0) is 20.0. The number of benzene rings is 3. The highest BCUT2D eigenvalue weighted by Gasteiger charge is 2.43. The quantitative estimate of drug-likeness (QED) is 0.407. The molecule has 0 saturated heterocycles. The molecule has 6 heteroatoms. The highest BCUT2D eigenvalue weighted by molar-refractivity contribution is 9.10. The number of carbonyl (C=O) groups is 1. The number of rotatable bonds is 3. The van der Waals surface area contributed by atoms with Crippen LogP contribution >= 0.6 is 31.9 Å². The molecule has 3 aromatic rings. The molecule has 2 atom stereocenters. The van der Waals surface area contributed by atoms with Gasteiger partial charge in [-0.15, -0.1) is 0 Å². The SMILES string of the molecule is O=C(c1ccc(Br)cc1)[C@@H]1Oc2ccccc2[C@H]2CC(c3ccc(Br)cc3)=NN21. The minimum atomic E-state index is -0.788. The van der Waals surface area contributed by atoms with E-state index in [1.165, 1.54) is 0 Å². The van der Waals surface area contributed by atoms with Crippen molar-refractivity contribution in [2.75, 3.05) is 0 Å². The van der Waals surface area contributed by atoms with E-state index in [-0.39, 0.29) is 11.8 Å². The van der Waals surface area contributed by atoms with Gasteiger partial charge in [-0.05, 0) is 35.9 Å². The van der Waals surface area contributed by atoms with Crippen LogP contribution in [0.1, 0.15) is 33.9 Å². The molecule has 0 saturated carbocycles. The molecule has 0 unspecified atom stereocenters. The number of fused-ring (bicyclic) bond motifs is 3. The molecule has 5 rings (SSSR count). The molecule has 0 aliphatic carbocycles. The smallest absolute Gasteiger partial charge is 0.251 e. The third-order valence-corrected chi connectivity index (χ3v) is 6.29. The van der Waals surface area contributed by atoms with E-state index in [2.05, 4.69) is 31.9 Å². The molecule has 2 aliphatic heterocycles. The van der Waals surface area contributed by atoms with Crippen molar-refractivity contribution in [3.8, 4) is 5.75 Å². The van der Waals surface area contributed by atoms with Crippen LogP contribution in [0.25, 0.3) is 0 Å². The van der Waals surface area contributed by atoms with Crippen molar-refractivity contribution in [2.24, 2.45) is 5.10 Å². The Labute approximate surface area is 185 Å². The van der Waals surface area contributed by atoms with E-state index in [4.69, 9.17) is 9.84 Å². The first-order chi connectivity index (χ1) is 14.1. The molecule has 0 aromatic heterocycles. The first kappa shape index (κ1) is 18.6. The Morgan fingerprint density at radius 3 is 2.31 bits per heavy atom. The lowest BCUT2D eigenvalue weighted by atomic mass is 9.96. The van der Waals surface area contributed by atoms with Gasteiger partial charge in [0.1, 0.15) is 5.75 Å². The van der Waals surface area contributed by atoms with Crippen LogP contribution in [-0.2, 0) is 0 Å². The zero-order valence-corrected chi connectivity index (χ0v) is 18.4. The molecular weight excluding hydrogens is 496 g/mol. The van der Waals surface area contributed by atoms with E-state index in [0.717, 1.165) is 38.0 Å². The standard InChI is InChI=1S/C23H16Br2N2O2/c24-16-9-5-14(6-10-16)19-13-20-18-3-1-2-4-21(18)29-23(27(20)26-19)22(28)15-7-11-17(25)12-8-15/h1-12,20,23H,13H2/t20-,23+/m1/s1. The van der Waals surface area contributed by atoms with E-state index >= 15 is 0 Å². The van der Waals surface area contributed by atoms with Crippen LogP contribution in [0.2, 0.25) is 0 Å². The fourth-order valence-corrected chi connectivity index (χ4v) is 4.31. The maximum atomic E-state index is 13.3. The fourth-order valence-electron chi connectivity index (χ4n) is 3.78. The third kappa shape index (κ3) is 3.40. The van der Waals surface area contributed by atoms with Crippen molar-refractivity contribution in [2.45, 2.75) is 18.7 Å². The van der Waals surface area contributed by atoms with Gasteiger partial charge in [-0.25, -0.2) is 5.01 Å². The summed E-state index contributed by atoms with van der Waals surface area (Å²) in [5.74, 6) is 0.647. The van der Waals surface area contributed by atoms with Gasteiger partial charge in [0, 0.05) is 26.5 Å². The largest absolute Gasteiger partial charge is 0.461 e. The van der Waals surface area contributed by atoms with Crippen molar-refractivity contribution in [3.63, 3.8) is 0 Å². The molecule has 0 amide bonds. The van der Waals surface area contributed by atoms with Gasteiger partial charge in [0.05, 0.1) is 11.8 Å². The van der Waals surface area contributed by atoms with Gasteiger partial charge in [0.2, 0.25) is 5.78 Å². The second kappa shape index (κ2) is 7.43. The van der Waals surface area contributed by atoms with Gasteiger partial charge in [-0.2, -0.15) is 5.10 Å². The molecule has 2 aliphatic rings. The summed E-state index contributed by atoms with van der Waals surface area (Å²) in [7, 11) is 0. The van der Waals surface area contributed by atoms with Crippen LogP contribution in [0.5, 0.6) is 5.75 Å². The number of para-hydroxylation sites is 1. The molecule has 3 aromatic carbocycles. The van der Waals surface area contributed by atoms with Crippen molar-refractivity contribution >= 4 is 43.4 Å². The molecule has 0 N–H and O–H groups in total. The monoisotopic (exact) mass is 510 g/mol. The summed E-state index contributed by atoms with van der Waals surface area (Å²) < 4.78 is 8.10. The van der Waals surface area contributed by atoms with Gasteiger partial charge >= 0.3 is 0 Å². The topological polar surface area (TPSA) is 41.9 Å². The summed E-state index contributed by atoms with van der Waals surface area (Å²) in [5, 5.41) is 6.66. The first-order valence-electron chi connectivity index (χ1n) is 9.27. The minimum absolute atomic E-state index is 0.0250. The molecule has 4 nitrogen and oxygen atoms in total. The first-order valence-corrected chi connectivity index (χ1v) is 10.9. The molecule has 0 spiro atoms. The predicted octanol–water partition coefficient (Wildman–Crippen LogP) is 5.96. The highest BCUT2D eigenvalue weighted by Crippen LogP contribution is 2.43. The molecule has 2 heterocycles. The second-order valence-corrected chi connectivity index (χ2v) is 8.86. The van der Waals surface area contributed by atoms with Gasteiger partial charge in [-0.3, -0.25) is 4.79 Å². The molecule has 0 radical (unpaired) electrons. The number of Topliss-reactive ketones (excluding diaryl/α,β-unsaturated/α-hetero) is 1. The minimum Gasteiger partial charge on any atom is -0.461 e. The van der Waals surface area contributed by atoms with E-state index in [1.54, 1.807) is 12.1 Å². The summed E-state index contributed by atoms with van der Waals surface area (Å²) in [6, 6.07) is 23.3. The van der Waals surface area contributed by atoms with Crippen LogP contribution < -0.4 is 4.74 Å². The number of nitrogens with zero attached hydrogens (tertiary/aromatic N) is 2. The average molecular weight is 512 g/mol. The number of ether oxygens (including phenoxy) is 1. The van der Waals surface area contributed by atoms with E-state index in [1.807, 2.05) is 65.7 Å². The molecule has 0 fully saturated rings. The predicted molar refractivity (Wildman–Crippen MR) is 119 cm³/mol. The lowest BCUT2D eigenvalue weighted by molar-refractivity contribution is -0.00455. The van der Waals surface area contributed by atoms with Gasteiger partial charge < -0.3 is 4.74 Å². The molecular formula is C23H16Br2N2O2. The van der Waals surface area contributed by atoms with Crippen LogP contribution in [0, 0.1) is 0 Å². The summed E-state index contributed by atoms with van der Waals surface area (Å²) in [6.07, 6.45) is -0.0596. The van der Waals surface area contributed by atoms with Gasteiger partial charge in [0.25, 0.3) is 6.23 Å². The maximum absolute atomic E-state index is 13.3. The van der Waals surface area contributed by atoms with Crippen molar-refractivity contribution in [1.29, 1.82) is 0 Å². The fraction of sp³-hybridized carbons (Fsp3) is 0.130. The van der Waals surface area contributed by atoms with Gasteiger partial charge in [-0.1, -0.05) is 74.3 Å². The Morgan fingerprint density at radius 2 is 1.59 bits per heavy atom. The Hall–Kier alpha value is -2.44. The van der Waals surface area contributed by atoms with E-state index < -0.39 is 6.23 Å². The Kier molecular flexibility index (Phi) is 4.76. The number of hydrogen-bond donors (Lipinski definition) is 0. The van der Waals surface area contributed by atoms with Gasteiger partial charge in [0.15, 0.2) is 0 Å². The van der Waals surface area contributed by atoms with Crippen molar-refractivity contribution < 1.29 is 9.53 Å². The molecule has 144 valence electrons. The molecule has 0 bridgehead atoms.